The van der Waals surface area contributed by atoms with Crippen molar-refractivity contribution in [2.24, 2.45) is 5.73 Å². The van der Waals surface area contributed by atoms with Gasteiger partial charge in [-0.2, -0.15) is 0 Å². The van der Waals surface area contributed by atoms with Crippen LogP contribution in [0.15, 0.2) is 18.3 Å². The molecule has 90 valence electrons. The molecule has 1 rings (SSSR count). The first-order valence-electron chi connectivity index (χ1n) is 6.08. The molecule has 1 unspecified atom stereocenters. The van der Waals surface area contributed by atoms with Crippen LogP contribution < -0.4 is 10.5 Å². The number of rotatable bonds is 7. The molecule has 0 aliphatic heterocycles. The van der Waals surface area contributed by atoms with E-state index in [1.165, 1.54) is 19.3 Å². The number of nitrogens with two attached hydrogens (primary N) is 1. The Morgan fingerprint density at radius 3 is 2.69 bits per heavy atom. The van der Waals surface area contributed by atoms with E-state index in [0.29, 0.717) is 5.88 Å². The summed E-state index contributed by atoms with van der Waals surface area (Å²) < 4.78 is 5.54. The molecule has 0 bridgehead atoms. The Hall–Kier alpha value is -1.09. The number of nitrogens with zero attached hydrogens (tertiary/aromatic N) is 1. The average molecular weight is 222 g/mol. The van der Waals surface area contributed by atoms with Crippen LogP contribution in [0, 0.1) is 0 Å². The van der Waals surface area contributed by atoms with E-state index < -0.39 is 0 Å². The Morgan fingerprint density at radius 1 is 1.31 bits per heavy atom. The van der Waals surface area contributed by atoms with Gasteiger partial charge >= 0.3 is 0 Å². The molecule has 0 aromatic carbocycles. The first kappa shape index (κ1) is 13.0. The topological polar surface area (TPSA) is 48.1 Å². The maximum absolute atomic E-state index is 5.74. The van der Waals surface area contributed by atoms with Crippen LogP contribution in [-0.4, -0.2) is 11.6 Å². The second-order valence-corrected chi connectivity index (χ2v) is 4.13. The van der Waals surface area contributed by atoms with E-state index in [1.54, 1.807) is 6.20 Å². The zero-order valence-electron chi connectivity index (χ0n) is 10.3. The standard InChI is InChI=1S/C13H22N2O/c1-3-4-5-6-9-16-13-8-7-12(10-15-13)11(2)14/h7-8,10-11H,3-6,9,14H2,1-2H3. The van der Waals surface area contributed by atoms with E-state index in [0.717, 1.165) is 18.6 Å². The smallest absolute Gasteiger partial charge is 0.213 e. The summed E-state index contributed by atoms with van der Waals surface area (Å²) in [6.45, 7) is 4.90. The van der Waals surface area contributed by atoms with Crippen LogP contribution in [-0.2, 0) is 0 Å². The van der Waals surface area contributed by atoms with Gasteiger partial charge in [0.2, 0.25) is 5.88 Å². The first-order valence-corrected chi connectivity index (χ1v) is 6.08. The monoisotopic (exact) mass is 222 g/mol. The van der Waals surface area contributed by atoms with E-state index in [1.807, 2.05) is 19.1 Å². The van der Waals surface area contributed by atoms with Gasteiger partial charge in [-0.25, -0.2) is 4.98 Å². The fourth-order valence-electron chi connectivity index (χ4n) is 1.45. The molecular weight excluding hydrogens is 200 g/mol. The van der Waals surface area contributed by atoms with Crippen molar-refractivity contribution in [2.75, 3.05) is 6.61 Å². The Labute approximate surface area is 98.0 Å². The SMILES string of the molecule is CCCCCCOc1ccc(C(C)N)cn1. The van der Waals surface area contributed by atoms with Gasteiger partial charge in [0, 0.05) is 18.3 Å². The van der Waals surface area contributed by atoms with Crippen molar-refractivity contribution >= 4 is 0 Å². The summed E-state index contributed by atoms with van der Waals surface area (Å²) >= 11 is 0. The third-order valence-corrected chi connectivity index (χ3v) is 2.53. The summed E-state index contributed by atoms with van der Waals surface area (Å²) in [4.78, 5) is 4.22. The number of unbranched alkanes of at least 4 members (excludes halogenated alkanes) is 3. The quantitative estimate of drug-likeness (QED) is 0.721. The average Bonchev–Trinajstić information content (AvgIpc) is 2.29. The first-order chi connectivity index (χ1) is 7.74. The maximum atomic E-state index is 5.74. The van der Waals surface area contributed by atoms with Gasteiger partial charge in [0.05, 0.1) is 6.61 Å². The maximum Gasteiger partial charge on any atom is 0.213 e. The van der Waals surface area contributed by atoms with Gasteiger partial charge in [-0.15, -0.1) is 0 Å². The number of hydrogen-bond acceptors (Lipinski definition) is 3. The summed E-state index contributed by atoms with van der Waals surface area (Å²) in [7, 11) is 0. The highest BCUT2D eigenvalue weighted by molar-refractivity contribution is 5.19. The third kappa shape index (κ3) is 4.62. The molecule has 3 nitrogen and oxygen atoms in total. The fraction of sp³-hybridized carbons (Fsp3) is 0.615. The molecular formula is C13H22N2O. The lowest BCUT2D eigenvalue weighted by Crippen LogP contribution is -2.06. The molecule has 1 atom stereocenters. The molecule has 0 saturated heterocycles. The van der Waals surface area contributed by atoms with Crippen molar-refractivity contribution in [3.63, 3.8) is 0 Å². The lowest BCUT2D eigenvalue weighted by Gasteiger charge is -2.07. The summed E-state index contributed by atoms with van der Waals surface area (Å²) in [5, 5.41) is 0. The Kier molecular flexibility index (Phi) is 5.86. The molecule has 0 fully saturated rings. The highest BCUT2D eigenvalue weighted by atomic mass is 16.5. The second-order valence-electron chi connectivity index (χ2n) is 4.13. The van der Waals surface area contributed by atoms with E-state index in [4.69, 9.17) is 10.5 Å². The second kappa shape index (κ2) is 7.23. The minimum Gasteiger partial charge on any atom is -0.478 e. The largest absolute Gasteiger partial charge is 0.478 e. The number of aromatic nitrogens is 1. The normalized spacial score (nSPS) is 12.4. The fourth-order valence-corrected chi connectivity index (χ4v) is 1.45. The summed E-state index contributed by atoms with van der Waals surface area (Å²) in [5.41, 5.74) is 6.78. The van der Waals surface area contributed by atoms with Gasteiger partial charge in [0.25, 0.3) is 0 Å². The third-order valence-electron chi connectivity index (χ3n) is 2.53. The van der Waals surface area contributed by atoms with E-state index in [2.05, 4.69) is 11.9 Å². The van der Waals surface area contributed by atoms with Gasteiger partial charge in [0.1, 0.15) is 0 Å². The van der Waals surface area contributed by atoms with Gasteiger partial charge in [0.15, 0.2) is 0 Å². The highest BCUT2D eigenvalue weighted by Crippen LogP contribution is 2.12. The molecule has 0 aliphatic rings. The van der Waals surface area contributed by atoms with Gasteiger partial charge < -0.3 is 10.5 Å². The predicted molar refractivity (Wildman–Crippen MR) is 66.5 cm³/mol. The molecule has 0 spiro atoms. The van der Waals surface area contributed by atoms with Crippen LogP contribution in [0.2, 0.25) is 0 Å². The lowest BCUT2D eigenvalue weighted by molar-refractivity contribution is 0.293. The van der Waals surface area contributed by atoms with Crippen molar-refractivity contribution in [3.05, 3.63) is 23.9 Å². The van der Waals surface area contributed by atoms with Gasteiger partial charge in [-0.05, 0) is 18.9 Å². The van der Waals surface area contributed by atoms with E-state index >= 15 is 0 Å². The van der Waals surface area contributed by atoms with Crippen molar-refractivity contribution < 1.29 is 4.74 Å². The number of hydrogen-bond donors (Lipinski definition) is 1. The summed E-state index contributed by atoms with van der Waals surface area (Å²) in [6.07, 6.45) is 6.65. The molecule has 1 aromatic rings. The Morgan fingerprint density at radius 2 is 2.12 bits per heavy atom. The Balaban J connectivity index is 2.27. The number of ether oxygens (including phenoxy) is 1. The van der Waals surface area contributed by atoms with Crippen LogP contribution in [0.5, 0.6) is 5.88 Å². The molecule has 1 aromatic heterocycles. The lowest BCUT2D eigenvalue weighted by atomic mass is 10.2. The minimum atomic E-state index is 0.0334. The molecule has 3 heteroatoms. The van der Waals surface area contributed by atoms with Crippen LogP contribution in [0.4, 0.5) is 0 Å². The van der Waals surface area contributed by atoms with Crippen molar-refractivity contribution in [1.82, 2.24) is 4.98 Å². The van der Waals surface area contributed by atoms with Gasteiger partial charge in [-0.3, -0.25) is 0 Å². The Bertz CT molecular complexity index is 282. The number of pyridine rings is 1. The molecule has 1 heterocycles. The van der Waals surface area contributed by atoms with E-state index in [-0.39, 0.29) is 6.04 Å². The molecule has 2 N–H and O–H groups in total. The minimum absolute atomic E-state index is 0.0334. The zero-order chi connectivity index (χ0) is 11.8. The summed E-state index contributed by atoms with van der Waals surface area (Å²) in [6, 6.07) is 3.89. The van der Waals surface area contributed by atoms with Crippen molar-refractivity contribution in [3.8, 4) is 5.88 Å². The zero-order valence-corrected chi connectivity index (χ0v) is 10.3. The predicted octanol–water partition coefficient (Wildman–Crippen LogP) is 3.06. The summed E-state index contributed by atoms with van der Waals surface area (Å²) in [5.74, 6) is 0.695. The molecule has 0 radical (unpaired) electrons. The van der Waals surface area contributed by atoms with Crippen LogP contribution in [0.25, 0.3) is 0 Å². The molecule has 0 aliphatic carbocycles. The molecule has 16 heavy (non-hydrogen) atoms. The van der Waals surface area contributed by atoms with Gasteiger partial charge in [-0.1, -0.05) is 32.3 Å². The van der Waals surface area contributed by atoms with Crippen molar-refractivity contribution in [2.45, 2.75) is 45.6 Å². The molecule has 0 amide bonds. The van der Waals surface area contributed by atoms with E-state index in [9.17, 15) is 0 Å². The van der Waals surface area contributed by atoms with Crippen LogP contribution in [0.1, 0.15) is 51.1 Å². The highest BCUT2D eigenvalue weighted by Gasteiger charge is 2.00. The van der Waals surface area contributed by atoms with Crippen LogP contribution in [0.3, 0.4) is 0 Å². The molecule has 0 saturated carbocycles. The van der Waals surface area contributed by atoms with Crippen LogP contribution >= 0.6 is 0 Å². The van der Waals surface area contributed by atoms with Crippen molar-refractivity contribution in [1.29, 1.82) is 0 Å².